The van der Waals surface area contributed by atoms with Gasteiger partial charge in [-0.05, 0) is 31.6 Å². The molecule has 2 unspecified atom stereocenters. The van der Waals surface area contributed by atoms with Crippen LogP contribution in [0.5, 0.6) is 0 Å². The second-order valence-electron chi connectivity index (χ2n) is 5.06. The highest BCUT2D eigenvalue weighted by molar-refractivity contribution is 5.74. The van der Waals surface area contributed by atoms with Crippen LogP contribution in [0.15, 0.2) is 0 Å². The molecule has 0 bridgehead atoms. The van der Waals surface area contributed by atoms with E-state index in [1.807, 2.05) is 0 Å². The van der Waals surface area contributed by atoms with Crippen LogP contribution in [0.2, 0.25) is 0 Å². The fourth-order valence-corrected chi connectivity index (χ4v) is 3.08. The molecule has 4 heteroatoms. The van der Waals surface area contributed by atoms with Crippen molar-refractivity contribution in [3.05, 3.63) is 0 Å². The Labute approximate surface area is 81.3 Å². The van der Waals surface area contributed by atoms with E-state index in [2.05, 4.69) is 0 Å². The quantitative estimate of drug-likeness (QED) is 0.712. The number of hydrogen-bond donors (Lipinski definition) is 1. The van der Waals surface area contributed by atoms with Gasteiger partial charge < -0.3 is 5.11 Å². The van der Waals surface area contributed by atoms with Crippen molar-refractivity contribution in [2.75, 3.05) is 0 Å². The molecule has 14 heavy (non-hydrogen) atoms. The number of carboxylic acid groups (broad SMARTS) is 1. The second-order valence-corrected chi connectivity index (χ2v) is 5.06. The minimum Gasteiger partial charge on any atom is -0.481 e. The summed E-state index contributed by atoms with van der Waals surface area (Å²) in [6.45, 7) is 1.67. The van der Waals surface area contributed by atoms with E-state index in [9.17, 15) is 13.6 Å². The largest absolute Gasteiger partial charge is 0.481 e. The van der Waals surface area contributed by atoms with Gasteiger partial charge in [0.15, 0.2) is 0 Å². The minimum atomic E-state index is -2.55. The van der Waals surface area contributed by atoms with Crippen molar-refractivity contribution in [2.24, 2.45) is 17.3 Å². The van der Waals surface area contributed by atoms with Crippen LogP contribution < -0.4 is 0 Å². The number of carboxylic acids is 1. The Morgan fingerprint density at radius 2 is 1.64 bits per heavy atom. The standard InChI is InChI=1S/C10H14F2O2/c1-9(8(13)14)2-6-4-10(11,12)5-7(6)3-9/h6-7H,2-5H2,1H3,(H,13,14). The van der Waals surface area contributed by atoms with Crippen LogP contribution in [0.25, 0.3) is 0 Å². The van der Waals surface area contributed by atoms with Gasteiger partial charge >= 0.3 is 5.97 Å². The highest BCUT2D eigenvalue weighted by Crippen LogP contribution is 2.57. The lowest BCUT2D eigenvalue weighted by Gasteiger charge is -2.20. The molecule has 0 aromatic rings. The molecule has 0 saturated heterocycles. The first-order valence-corrected chi connectivity index (χ1v) is 4.94. The highest BCUT2D eigenvalue weighted by Gasteiger charge is 2.56. The zero-order valence-corrected chi connectivity index (χ0v) is 8.09. The van der Waals surface area contributed by atoms with Crippen molar-refractivity contribution < 1.29 is 18.7 Å². The predicted molar refractivity (Wildman–Crippen MR) is 46.1 cm³/mol. The third-order valence-electron chi connectivity index (χ3n) is 3.73. The van der Waals surface area contributed by atoms with Crippen molar-refractivity contribution in [2.45, 2.75) is 38.5 Å². The summed E-state index contributed by atoms with van der Waals surface area (Å²) in [5, 5.41) is 8.97. The number of hydrogen-bond acceptors (Lipinski definition) is 1. The van der Waals surface area contributed by atoms with E-state index in [1.54, 1.807) is 6.92 Å². The molecule has 0 amide bonds. The van der Waals surface area contributed by atoms with Gasteiger partial charge in [0.25, 0.3) is 0 Å². The summed E-state index contributed by atoms with van der Waals surface area (Å²) in [7, 11) is 0. The molecule has 0 aromatic heterocycles. The zero-order chi connectivity index (χ0) is 10.6. The minimum absolute atomic E-state index is 0.0777. The molecule has 2 fully saturated rings. The first kappa shape index (κ1) is 9.87. The molecular formula is C10H14F2O2. The first-order valence-electron chi connectivity index (χ1n) is 4.94. The lowest BCUT2D eigenvalue weighted by atomic mass is 9.86. The van der Waals surface area contributed by atoms with Crippen molar-refractivity contribution in [1.82, 2.24) is 0 Å². The smallest absolute Gasteiger partial charge is 0.309 e. The summed E-state index contributed by atoms with van der Waals surface area (Å²) in [4.78, 5) is 10.9. The monoisotopic (exact) mass is 204 g/mol. The second kappa shape index (κ2) is 2.67. The molecule has 0 heterocycles. The van der Waals surface area contributed by atoms with Gasteiger partial charge in [0.1, 0.15) is 0 Å². The van der Waals surface area contributed by atoms with E-state index < -0.39 is 17.3 Å². The fraction of sp³-hybridized carbons (Fsp3) is 0.900. The van der Waals surface area contributed by atoms with Gasteiger partial charge in [-0.25, -0.2) is 8.78 Å². The van der Waals surface area contributed by atoms with Crippen molar-refractivity contribution in [3.8, 4) is 0 Å². The molecule has 2 aliphatic carbocycles. The molecule has 2 nitrogen and oxygen atoms in total. The number of rotatable bonds is 1. The van der Waals surface area contributed by atoms with Gasteiger partial charge in [0.05, 0.1) is 5.41 Å². The van der Waals surface area contributed by atoms with Crippen LogP contribution in [0.1, 0.15) is 32.6 Å². The van der Waals surface area contributed by atoms with Crippen LogP contribution >= 0.6 is 0 Å². The molecule has 0 aliphatic heterocycles. The van der Waals surface area contributed by atoms with Crippen molar-refractivity contribution in [1.29, 1.82) is 0 Å². The van der Waals surface area contributed by atoms with Crippen LogP contribution in [-0.2, 0) is 4.79 Å². The topological polar surface area (TPSA) is 37.3 Å². The van der Waals surface area contributed by atoms with Gasteiger partial charge in [-0.15, -0.1) is 0 Å². The maximum absolute atomic E-state index is 13.0. The first-order chi connectivity index (χ1) is 6.32. The Morgan fingerprint density at radius 1 is 1.21 bits per heavy atom. The van der Waals surface area contributed by atoms with Gasteiger partial charge in [-0.2, -0.15) is 0 Å². The molecule has 2 aliphatic rings. The SMILES string of the molecule is CC1(C(=O)O)CC2CC(F)(F)CC2C1. The molecular weight excluding hydrogens is 190 g/mol. The Bertz CT molecular complexity index is 259. The van der Waals surface area contributed by atoms with E-state index in [1.165, 1.54) is 0 Å². The third-order valence-corrected chi connectivity index (χ3v) is 3.73. The molecule has 0 radical (unpaired) electrons. The number of halogens is 2. The van der Waals surface area contributed by atoms with Crippen LogP contribution in [0.3, 0.4) is 0 Å². The highest BCUT2D eigenvalue weighted by atomic mass is 19.3. The normalized spacial score (nSPS) is 45.1. The van der Waals surface area contributed by atoms with E-state index in [0.717, 1.165) is 0 Å². The molecule has 2 atom stereocenters. The Kier molecular flexibility index (Phi) is 1.88. The summed E-state index contributed by atoms with van der Waals surface area (Å²) in [5.41, 5.74) is -0.758. The Morgan fingerprint density at radius 3 is 2.00 bits per heavy atom. The van der Waals surface area contributed by atoms with Gasteiger partial charge in [-0.3, -0.25) is 4.79 Å². The average molecular weight is 204 g/mol. The van der Waals surface area contributed by atoms with Crippen LogP contribution in [0, 0.1) is 17.3 Å². The average Bonchev–Trinajstić information content (AvgIpc) is 2.37. The number of carbonyl (C=O) groups is 1. The van der Waals surface area contributed by atoms with Crippen LogP contribution in [0.4, 0.5) is 8.78 Å². The lowest BCUT2D eigenvalue weighted by molar-refractivity contribution is -0.148. The van der Waals surface area contributed by atoms with E-state index in [4.69, 9.17) is 5.11 Å². The molecule has 2 rings (SSSR count). The maximum Gasteiger partial charge on any atom is 0.309 e. The van der Waals surface area contributed by atoms with Gasteiger partial charge in [0.2, 0.25) is 5.92 Å². The van der Waals surface area contributed by atoms with Gasteiger partial charge in [-0.1, -0.05) is 0 Å². The van der Waals surface area contributed by atoms with Crippen LogP contribution in [-0.4, -0.2) is 17.0 Å². The Balaban J connectivity index is 2.10. The molecule has 80 valence electrons. The van der Waals surface area contributed by atoms with Crippen molar-refractivity contribution >= 4 is 5.97 Å². The van der Waals surface area contributed by atoms with E-state index in [0.29, 0.717) is 12.8 Å². The van der Waals surface area contributed by atoms with Crippen molar-refractivity contribution in [3.63, 3.8) is 0 Å². The molecule has 1 N–H and O–H groups in total. The summed E-state index contributed by atoms with van der Waals surface area (Å²) in [6, 6.07) is 0. The molecule has 0 aromatic carbocycles. The number of fused-ring (bicyclic) bond motifs is 1. The summed E-state index contributed by atoms with van der Waals surface area (Å²) >= 11 is 0. The predicted octanol–water partition coefficient (Wildman–Crippen LogP) is 2.53. The molecule has 0 spiro atoms. The fourth-order valence-electron chi connectivity index (χ4n) is 3.08. The maximum atomic E-state index is 13.0. The third kappa shape index (κ3) is 1.41. The Hall–Kier alpha value is -0.670. The molecule has 2 saturated carbocycles. The van der Waals surface area contributed by atoms with E-state index in [-0.39, 0.29) is 24.7 Å². The van der Waals surface area contributed by atoms with E-state index >= 15 is 0 Å². The van der Waals surface area contributed by atoms with Gasteiger partial charge in [0, 0.05) is 12.8 Å². The lowest BCUT2D eigenvalue weighted by Crippen LogP contribution is -2.26. The summed E-state index contributed by atoms with van der Waals surface area (Å²) in [6.07, 6.45) is 0.617. The summed E-state index contributed by atoms with van der Waals surface area (Å²) in [5.74, 6) is -3.54. The number of alkyl halides is 2. The summed E-state index contributed by atoms with van der Waals surface area (Å²) < 4.78 is 25.9. The zero-order valence-electron chi connectivity index (χ0n) is 8.09. The number of aliphatic carboxylic acids is 1.